The van der Waals surface area contributed by atoms with Gasteiger partial charge >= 0.3 is 5.97 Å². The number of nitrogen functional groups attached to an aromatic ring is 2. The van der Waals surface area contributed by atoms with Crippen LogP contribution in [0.1, 0.15) is 81.3 Å². The summed E-state index contributed by atoms with van der Waals surface area (Å²) < 4.78 is 5.06. The third kappa shape index (κ3) is 12.4. The molecule has 39 heavy (non-hydrogen) atoms. The summed E-state index contributed by atoms with van der Waals surface area (Å²) in [6.45, 7) is 6.05. The number of ether oxygens (including phenoxy) is 1. The van der Waals surface area contributed by atoms with Crippen LogP contribution in [0.4, 0.5) is 11.4 Å². The highest BCUT2D eigenvalue weighted by Gasteiger charge is 2.24. The second-order valence-electron chi connectivity index (χ2n) is 9.17. The van der Waals surface area contributed by atoms with Crippen molar-refractivity contribution in [3.8, 4) is 0 Å². The smallest absolute Gasteiger partial charge is 0.328 e. The van der Waals surface area contributed by atoms with Gasteiger partial charge in [-0.25, -0.2) is 4.79 Å². The third-order valence-electron chi connectivity index (χ3n) is 5.75. The van der Waals surface area contributed by atoms with Gasteiger partial charge in [-0.15, -0.1) is 0 Å². The van der Waals surface area contributed by atoms with Crippen molar-refractivity contribution >= 4 is 35.4 Å². The van der Waals surface area contributed by atoms with Crippen LogP contribution in [0.3, 0.4) is 0 Å². The van der Waals surface area contributed by atoms with E-state index in [1.165, 1.54) is 0 Å². The Morgan fingerprint density at radius 2 is 1.64 bits per heavy atom. The number of anilines is 2. The molecule has 2 aromatic rings. The molecule has 7 N–H and O–H groups in total. The summed E-state index contributed by atoms with van der Waals surface area (Å²) in [4.78, 5) is 45.9. The maximum absolute atomic E-state index is 12.0. The lowest BCUT2D eigenvalue weighted by molar-refractivity contribution is -0.148. The van der Waals surface area contributed by atoms with Gasteiger partial charge in [0.15, 0.2) is 5.78 Å². The fourth-order valence-corrected chi connectivity index (χ4v) is 3.66. The minimum Gasteiger partial charge on any atom is -0.464 e. The Hall–Kier alpha value is -3.92. The molecule has 0 aliphatic rings. The van der Waals surface area contributed by atoms with E-state index >= 15 is 0 Å². The van der Waals surface area contributed by atoms with Crippen LogP contribution in [-0.4, -0.2) is 47.9 Å². The molecule has 3 atom stereocenters. The predicted molar refractivity (Wildman–Crippen MR) is 152 cm³/mol. The number of Topliss-reactive ketones (excluding diaryl/α,β-unsaturated/α-hetero) is 1. The normalized spacial score (nSPS) is 12.6. The van der Waals surface area contributed by atoms with E-state index in [0.29, 0.717) is 41.9 Å². The number of hydrogen-bond acceptors (Lipinski definition) is 8. The lowest BCUT2D eigenvalue weighted by Crippen LogP contribution is -2.38. The van der Waals surface area contributed by atoms with Gasteiger partial charge in [0.25, 0.3) is 0 Å². The average Bonchev–Trinajstić information content (AvgIpc) is 2.89. The van der Waals surface area contributed by atoms with E-state index in [1.807, 2.05) is 20.8 Å². The zero-order chi connectivity index (χ0) is 29.2. The van der Waals surface area contributed by atoms with E-state index in [9.17, 15) is 24.3 Å². The van der Waals surface area contributed by atoms with E-state index < -0.39 is 18.1 Å². The molecule has 10 heteroatoms. The lowest BCUT2D eigenvalue weighted by atomic mass is 10.0. The number of carbonyl (C=O) groups is 4. The van der Waals surface area contributed by atoms with Crippen molar-refractivity contribution < 1.29 is 29.0 Å². The number of para-hydroxylation sites is 2. The van der Waals surface area contributed by atoms with Crippen molar-refractivity contribution in [3.63, 3.8) is 0 Å². The molecule has 0 bridgehead atoms. The molecule has 3 unspecified atom stereocenters. The molecule has 2 rings (SSSR count). The molecule has 0 radical (unpaired) electrons. The maximum atomic E-state index is 12.0. The molecule has 2 aromatic carbocycles. The largest absolute Gasteiger partial charge is 0.464 e. The summed E-state index contributed by atoms with van der Waals surface area (Å²) in [6.07, 6.45) is 2.71. The molecule has 2 amide bonds. The minimum absolute atomic E-state index is 0.0118. The molecule has 0 aromatic heterocycles. The van der Waals surface area contributed by atoms with Crippen LogP contribution in [0.15, 0.2) is 48.5 Å². The Morgan fingerprint density at radius 1 is 1.00 bits per heavy atom. The minimum atomic E-state index is -0.956. The fraction of sp³-hybridized carbons (Fsp3) is 0.448. The van der Waals surface area contributed by atoms with E-state index in [2.05, 4.69) is 10.6 Å². The molecule has 0 aliphatic heterocycles. The number of unbranched alkanes of at least 4 members (excludes halogenated alkanes) is 1. The van der Waals surface area contributed by atoms with Gasteiger partial charge in [-0.1, -0.05) is 50.6 Å². The summed E-state index contributed by atoms with van der Waals surface area (Å²) in [5.41, 5.74) is 13.5. The van der Waals surface area contributed by atoms with Gasteiger partial charge in [0.05, 0.1) is 12.7 Å². The molecule has 0 spiro atoms. The number of aliphatic hydroxyl groups excluding tert-OH is 1. The standard InChI is InChI=1S/C15H22N2O4.C14H20N2O2/c1-2-3-8-21-15(20)13(17-10-18)9-14(19)11-6-4-5-7-12(11)16;1-3-6-14(18)16-10(2)9-13(17)11-7-4-5-8-12(11)15/h4-7,10,13-14,19H,2-3,8-9,16H2,1H3,(H,17,18);4-5,7-8,10H,3,6,9,15H2,1-2H3,(H,16,18). The second kappa shape index (κ2) is 18.4. The van der Waals surface area contributed by atoms with Crippen LogP contribution in [-0.2, 0) is 19.1 Å². The van der Waals surface area contributed by atoms with Crippen LogP contribution in [0.25, 0.3) is 0 Å². The van der Waals surface area contributed by atoms with Crippen LogP contribution in [0.5, 0.6) is 0 Å². The first kappa shape index (κ1) is 33.1. The monoisotopic (exact) mass is 542 g/mol. The van der Waals surface area contributed by atoms with Crippen LogP contribution in [0, 0.1) is 0 Å². The average molecular weight is 543 g/mol. The number of rotatable bonds is 15. The highest BCUT2D eigenvalue weighted by molar-refractivity contribution is 6.01. The van der Waals surface area contributed by atoms with Crippen molar-refractivity contribution in [1.29, 1.82) is 0 Å². The highest BCUT2D eigenvalue weighted by atomic mass is 16.5. The summed E-state index contributed by atoms with van der Waals surface area (Å²) in [5.74, 6) is -0.611. The predicted octanol–water partition coefficient (Wildman–Crippen LogP) is 3.30. The topological polar surface area (TPSA) is 174 Å². The molecule has 0 heterocycles. The van der Waals surface area contributed by atoms with E-state index in [0.717, 1.165) is 19.3 Å². The van der Waals surface area contributed by atoms with E-state index in [-0.39, 0.29) is 30.6 Å². The number of hydrogen-bond donors (Lipinski definition) is 5. The quantitative estimate of drug-likeness (QED) is 0.0749. The van der Waals surface area contributed by atoms with Crippen molar-refractivity contribution in [3.05, 3.63) is 59.7 Å². The molecule has 0 aliphatic carbocycles. The fourth-order valence-electron chi connectivity index (χ4n) is 3.66. The summed E-state index contributed by atoms with van der Waals surface area (Å²) in [6, 6.07) is 12.8. The zero-order valence-corrected chi connectivity index (χ0v) is 23.0. The number of nitrogens with one attached hydrogen (secondary N) is 2. The SMILES string of the molecule is CCCC(=O)NC(C)CC(=O)c1ccccc1N.CCCCOC(=O)C(CC(O)c1ccccc1N)NC=O. The molecular weight excluding hydrogens is 500 g/mol. The van der Waals surface area contributed by atoms with E-state index in [4.69, 9.17) is 16.2 Å². The van der Waals surface area contributed by atoms with E-state index in [1.54, 1.807) is 48.5 Å². The first-order valence-corrected chi connectivity index (χ1v) is 13.2. The van der Waals surface area contributed by atoms with Gasteiger partial charge in [-0.3, -0.25) is 14.4 Å². The number of nitrogens with two attached hydrogens (primary N) is 2. The van der Waals surface area contributed by atoms with Gasteiger partial charge < -0.3 is 31.9 Å². The van der Waals surface area contributed by atoms with Gasteiger partial charge in [0.1, 0.15) is 6.04 Å². The number of esters is 1. The number of benzene rings is 2. The van der Waals surface area contributed by atoms with Crippen LogP contribution >= 0.6 is 0 Å². The maximum Gasteiger partial charge on any atom is 0.328 e. The molecule has 10 nitrogen and oxygen atoms in total. The van der Waals surface area contributed by atoms with Gasteiger partial charge in [0, 0.05) is 47.8 Å². The Balaban J connectivity index is 0.000000395. The van der Waals surface area contributed by atoms with Gasteiger partial charge in [0.2, 0.25) is 12.3 Å². The van der Waals surface area contributed by atoms with Crippen molar-refractivity contribution in [2.45, 2.75) is 77.5 Å². The Kier molecular flexibility index (Phi) is 15.6. The first-order chi connectivity index (χ1) is 18.6. The summed E-state index contributed by atoms with van der Waals surface area (Å²) in [5, 5.41) is 15.3. The molecule has 214 valence electrons. The molecule has 0 fully saturated rings. The first-order valence-electron chi connectivity index (χ1n) is 13.2. The van der Waals surface area contributed by atoms with Crippen LogP contribution < -0.4 is 22.1 Å². The summed E-state index contributed by atoms with van der Waals surface area (Å²) >= 11 is 0. The highest BCUT2D eigenvalue weighted by Crippen LogP contribution is 2.24. The van der Waals surface area contributed by atoms with Crippen molar-refractivity contribution in [2.24, 2.45) is 0 Å². The zero-order valence-electron chi connectivity index (χ0n) is 23.0. The molecular formula is C29H42N4O6. The Morgan fingerprint density at radius 3 is 2.23 bits per heavy atom. The van der Waals surface area contributed by atoms with Crippen molar-refractivity contribution in [1.82, 2.24) is 10.6 Å². The number of aliphatic hydroxyl groups is 1. The Bertz CT molecular complexity index is 1060. The third-order valence-corrected chi connectivity index (χ3v) is 5.75. The lowest BCUT2D eigenvalue weighted by Gasteiger charge is -2.19. The van der Waals surface area contributed by atoms with Crippen molar-refractivity contribution in [2.75, 3.05) is 18.1 Å². The number of carbonyl (C=O) groups excluding carboxylic acids is 4. The molecule has 0 saturated carbocycles. The Labute approximate surface area is 230 Å². The summed E-state index contributed by atoms with van der Waals surface area (Å²) in [7, 11) is 0. The van der Waals surface area contributed by atoms with Gasteiger partial charge in [-0.05, 0) is 38.0 Å². The second-order valence-corrected chi connectivity index (χ2v) is 9.17. The van der Waals surface area contributed by atoms with Crippen LogP contribution in [0.2, 0.25) is 0 Å². The molecule has 0 saturated heterocycles. The number of ketones is 1. The van der Waals surface area contributed by atoms with Gasteiger partial charge in [-0.2, -0.15) is 0 Å². The number of amides is 2.